The Hall–Kier alpha value is -4.18. The van der Waals surface area contributed by atoms with E-state index in [0.29, 0.717) is 0 Å². The number of non-ortho nitro benzene ring substituents is 1. The van der Waals surface area contributed by atoms with E-state index in [9.17, 15) is 30.1 Å². The molecule has 0 amide bonds. The number of nitrogens with zero attached hydrogens (tertiary/aromatic N) is 3. The van der Waals surface area contributed by atoms with Crippen molar-refractivity contribution in [2.24, 2.45) is 0 Å². The standard InChI is InChI=1S/C14H7N5O5/c15-4-9-11(10(5-16)13(20)18-12(9)17)7-2-1-6(19(23)24)3-8(7)14(21)22/h1-3H,(H,21,22)(H3,17,18,20). The summed E-state index contributed by atoms with van der Waals surface area (Å²) in [6, 6.07) is 6.11. The Bertz CT molecular complexity index is 1030. The van der Waals surface area contributed by atoms with E-state index in [-0.39, 0.29) is 22.5 Å². The minimum atomic E-state index is -1.53. The van der Waals surface area contributed by atoms with Crippen LogP contribution in [0.4, 0.5) is 11.5 Å². The number of aromatic carboxylic acids is 1. The summed E-state index contributed by atoms with van der Waals surface area (Å²) < 4.78 is 0. The summed E-state index contributed by atoms with van der Waals surface area (Å²) in [5.74, 6) is -1.87. The Labute approximate surface area is 133 Å². The van der Waals surface area contributed by atoms with Crippen LogP contribution in [0.15, 0.2) is 23.0 Å². The van der Waals surface area contributed by atoms with Gasteiger partial charge < -0.3 is 15.8 Å². The summed E-state index contributed by atoms with van der Waals surface area (Å²) in [4.78, 5) is 35.4. The summed E-state index contributed by atoms with van der Waals surface area (Å²) in [7, 11) is 0. The molecule has 10 nitrogen and oxygen atoms in total. The van der Waals surface area contributed by atoms with Crippen molar-refractivity contribution in [2.75, 3.05) is 5.73 Å². The molecule has 0 saturated heterocycles. The van der Waals surface area contributed by atoms with Crippen LogP contribution in [-0.2, 0) is 0 Å². The fourth-order valence-electron chi connectivity index (χ4n) is 2.15. The van der Waals surface area contributed by atoms with Gasteiger partial charge in [0.15, 0.2) is 0 Å². The Morgan fingerprint density at radius 2 is 1.92 bits per heavy atom. The van der Waals surface area contributed by atoms with Gasteiger partial charge in [0.05, 0.1) is 10.5 Å². The lowest BCUT2D eigenvalue weighted by Crippen LogP contribution is -2.17. The molecule has 2 aromatic rings. The Kier molecular flexibility index (Phi) is 3.98. The minimum Gasteiger partial charge on any atom is -0.478 e. The molecule has 0 spiro atoms. The third-order valence-electron chi connectivity index (χ3n) is 3.18. The van der Waals surface area contributed by atoms with Gasteiger partial charge in [-0.3, -0.25) is 14.9 Å². The highest BCUT2D eigenvalue weighted by Gasteiger charge is 2.24. The molecule has 1 heterocycles. The summed E-state index contributed by atoms with van der Waals surface area (Å²) in [6.45, 7) is 0. The molecule has 0 saturated carbocycles. The molecular formula is C14H7N5O5. The van der Waals surface area contributed by atoms with Crippen LogP contribution in [0, 0.1) is 32.8 Å². The van der Waals surface area contributed by atoms with Gasteiger partial charge >= 0.3 is 5.97 Å². The molecule has 0 aliphatic carbocycles. The van der Waals surface area contributed by atoms with E-state index in [1.165, 1.54) is 0 Å². The number of carboxylic acid groups (broad SMARTS) is 1. The first-order valence-electron chi connectivity index (χ1n) is 6.19. The lowest BCUT2D eigenvalue weighted by Gasteiger charge is -2.11. The van der Waals surface area contributed by atoms with E-state index in [0.717, 1.165) is 18.2 Å². The monoisotopic (exact) mass is 325 g/mol. The number of hydrogen-bond donors (Lipinski definition) is 3. The summed E-state index contributed by atoms with van der Waals surface area (Å²) in [5.41, 5.74) is 2.32. The van der Waals surface area contributed by atoms with E-state index in [2.05, 4.69) is 4.98 Å². The number of aromatic amines is 1. The van der Waals surface area contributed by atoms with Crippen LogP contribution in [0.3, 0.4) is 0 Å². The van der Waals surface area contributed by atoms with Crippen LogP contribution in [0.2, 0.25) is 0 Å². The van der Waals surface area contributed by atoms with Crippen molar-refractivity contribution in [3.63, 3.8) is 0 Å². The molecule has 0 radical (unpaired) electrons. The van der Waals surface area contributed by atoms with Crippen molar-refractivity contribution in [3.05, 3.63) is 55.4 Å². The normalized spacial score (nSPS) is 9.75. The average molecular weight is 325 g/mol. The number of aromatic nitrogens is 1. The number of nitrogen functional groups attached to an aromatic ring is 1. The molecule has 0 aliphatic rings. The number of nitro groups is 1. The third kappa shape index (κ3) is 2.51. The fourth-order valence-corrected chi connectivity index (χ4v) is 2.15. The molecular weight excluding hydrogens is 318 g/mol. The average Bonchev–Trinajstić information content (AvgIpc) is 2.53. The molecule has 10 heteroatoms. The molecule has 118 valence electrons. The lowest BCUT2D eigenvalue weighted by atomic mass is 9.92. The number of benzene rings is 1. The zero-order valence-corrected chi connectivity index (χ0v) is 11.7. The van der Waals surface area contributed by atoms with Gasteiger partial charge in [-0.1, -0.05) is 0 Å². The number of nitrogens with one attached hydrogen (secondary N) is 1. The number of carboxylic acids is 1. The van der Waals surface area contributed by atoms with Gasteiger partial charge in [-0.25, -0.2) is 4.79 Å². The second-order valence-electron chi connectivity index (χ2n) is 4.51. The summed E-state index contributed by atoms with van der Waals surface area (Å²) in [5, 5.41) is 38.5. The largest absolute Gasteiger partial charge is 0.478 e. The van der Waals surface area contributed by atoms with Crippen LogP contribution in [0.25, 0.3) is 11.1 Å². The van der Waals surface area contributed by atoms with Gasteiger partial charge in [0.25, 0.3) is 11.2 Å². The van der Waals surface area contributed by atoms with E-state index >= 15 is 0 Å². The molecule has 0 aliphatic heterocycles. The van der Waals surface area contributed by atoms with E-state index in [1.807, 2.05) is 0 Å². The van der Waals surface area contributed by atoms with Crippen LogP contribution >= 0.6 is 0 Å². The van der Waals surface area contributed by atoms with Crippen molar-refractivity contribution in [3.8, 4) is 23.3 Å². The summed E-state index contributed by atoms with van der Waals surface area (Å²) in [6.07, 6.45) is 0. The number of H-pyrrole nitrogens is 1. The predicted molar refractivity (Wildman–Crippen MR) is 80.0 cm³/mol. The third-order valence-corrected chi connectivity index (χ3v) is 3.18. The first kappa shape index (κ1) is 16.2. The minimum absolute atomic E-state index is 0.195. The van der Waals surface area contributed by atoms with Gasteiger partial charge in [0.1, 0.15) is 29.1 Å². The Morgan fingerprint density at radius 3 is 2.42 bits per heavy atom. The molecule has 0 unspecified atom stereocenters. The van der Waals surface area contributed by atoms with Crippen molar-refractivity contribution in [1.29, 1.82) is 10.5 Å². The number of rotatable bonds is 3. The number of pyridine rings is 1. The maximum atomic E-state index is 11.9. The molecule has 0 fully saturated rings. The van der Waals surface area contributed by atoms with Crippen molar-refractivity contribution in [1.82, 2.24) is 4.98 Å². The molecule has 1 aromatic heterocycles. The first-order valence-corrected chi connectivity index (χ1v) is 6.19. The Balaban J connectivity index is 3.00. The molecule has 4 N–H and O–H groups in total. The highest BCUT2D eigenvalue weighted by molar-refractivity contribution is 5.99. The SMILES string of the molecule is N#Cc1c(N)[nH]c(=O)c(C#N)c1-c1ccc([N+](=O)[O-])cc1C(=O)O. The number of nitrogens with two attached hydrogens (primary N) is 1. The second kappa shape index (κ2) is 5.90. The fraction of sp³-hybridized carbons (Fsp3) is 0. The van der Waals surface area contributed by atoms with Crippen LogP contribution < -0.4 is 11.3 Å². The van der Waals surface area contributed by atoms with E-state index < -0.39 is 33.3 Å². The van der Waals surface area contributed by atoms with Crippen molar-refractivity contribution in [2.45, 2.75) is 0 Å². The first-order chi connectivity index (χ1) is 11.3. The predicted octanol–water partition coefficient (Wildman–Crippen LogP) is 0.974. The van der Waals surface area contributed by atoms with Gasteiger partial charge in [-0.15, -0.1) is 0 Å². The maximum absolute atomic E-state index is 11.9. The van der Waals surface area contributed by atoms with Crippen molar-refractivity contribution < 1.29 is 14.8 Å². The number of hydrogen-bond acceptors (Lipinski definition) is 7. The lowest BCUT2D eigenvalue weighted by molar-refractivity contribution is -0.384. The van der Waals surface area contributed by atoms with Crippen molar-refractivity contribution >= 4 is 17.5 Å². The number of nitriles is 2. The molecule has 1 aromatic carbocycles. The maximum Gasteiger partial charge on any atom is 0.336 e. The van der Waals surface area contributed by atoms with Gasteiger partial charge in [-0.2, -0.15) is 10.5 Å². The summed E-state index contributed by atoms with van der Waals surface area (Å²) >= 11 is 0. The van der Waals surface area contributed by atoms with E-state index in [1.54, 1.807) is 12.1 Å². The van der Waals surface area contributed by atoms with Gasteiger partial charge in [0.2, 0.25) is 0 Å². The molecule has 24 heavy (non-hydrogen) atoms. The smallest absolute Gasteiger partial charge is 0.336 e. The van der Waals surface area contributed by atoms with Gasteiger partial charge in [-0.05, 0) is 11.6 Å². The zero-order chi connectivity index (χ0) is 18.0. The van der Waals surface area contributed by atoms with Gasteiger partial charge in [0, 0.05) is 17.7 Å². The van der Waals surface area contributed by atoms with E-state index in [4.69, 9.17) is 11.0 Å². The molecule has 0 bridgehead atoms. The molecule has 0 atom stereocenters. The highest BCUT2D eigenvalue weighted by Crippen LogP contribution is 2.32. The molecule has 2 rings (SSSR count). The Morgan fingerprint density at radius 1 is 1.29 bits per heavy atom. The van der Waals surface area contributed by atoms with Crippen LogP contribution in [-0.4, -0.2) is 21.0 Å². The number of nitro benzene ring substituents is 1. The van der Waals surface area contributed by atoms with Crippen LogP contribution in [0.1, 0.15) is 21.5 Å². The number of anilines is 1. The second-order valence-corrected chi connectivity index (χ2v) is 4.51. The number of carbonyl (C=O) groups is 1. The van der Waals surface area contributed by atoms with Crippen LogP contribution in [0.5, 0.6) is 0 Å². The quantitative estimate of drug-likeness (QED) is 0.549. The highest BCUT2D eigenvalue weighted by atomic mass is 16.6. The zero-order valence-electron chi connectivity index (χ0n) is 11.7. The topological polar surface area (TPSA) is 187 Å².